The number of rotatable bonds is 6. The molecule has 0 unspecified atom stereocenters. The Hall–Kier alpha value is -1.62. The molecule has 0 saturated carbocycles. The molecule has 0 aliphatic rings. The van der Waals surface area contributed by atoms with Gasteiger partial charge in [0, 0.05) is 17.6 Å². The number of nitrogens with zero attached hydrogens (tertiary/aromatic N) is 1. The lowest BCUT2D eigenvalue weighted by Crippen LogP contribution is -2.37. The number of anilines is 1. The van der Waals surface area contributed by atoms with Crippen molar-refractivity contribution in [3.05, 3.63) is 63.9 Å². The van der Waals surface area contributed by atoms with Crippen LogP contribution in [-0.2, 0) is 11.3 Å². The second-order valence-corrected chi connectivity index (χ2v) is 6.64. The fourth-order valence-corrected chi connectivity index (χ4v) is 2.68. The zero-order chi connectivity index (χ0) is 17.7. The van der Waals surface area contributed by atoms with Gasteiger partial charge in [-0.2, -0.15) is 0 Å². The topological polar surface area (TPSA) is 32.3 Å². The smallest absolute Gasteiger partial charge is 0.238 e. The first kappa shape index (κ1) is 18.7. The van der Waals surface area contributed by atoms with Crippen molar-refractivity contribution in [3.8, 4) is 0 Å². The summed E-state index contributed by atoms with van der Waals surface area (Å²) in [4.78, 5) is 14.3. The van der Waals surface area contributed by atoms with Gasteiger partial charge in [-0.3, -0.25) is 9.69 Å². The SMILES string of the molecule is CC(C)N(CC(=O)Nc1ccc(F)cc1Cl)Cc1cccc(Cl)c1. The van der Waals surface area contributed by atoms with Gasteiger partial charge in [-0.05, 0) is 49.7 Å². The summed E-state index contributed by atoms with van der Waals surface area (Å²) >= 11 is 11.9. The maximum atomic E-state index is 13.1. The Kier molecular flexibility index (Phi) is 6.60. The predicted molar refractivity (Wildman–Crippen MR) is 97.0 cm³/mol. The third-order valence-electron chi connectivity index (χ3n) is 3.56. The predicted octanol–water partition coefficient (Wildman–Crippen LogP) is 4.98. The molecule has 0 bridgehead atoms. The third kappa shape index (κ3) is 5.48. The Morgan fingerprint density at radius 1 is 1.21 bits per heavy atom. The second kappa shape index (κ2) is 8.47. The van der Waals surface area contributed by atoms with Crippen molar-refractivity contribution in [2.75, 3.05) is 11.9 Å². The Labute approximate surface area is 151 Å². The molecule has 0 aliphatic carbocycles. The van der Waals surface area contributed by atoms with Crippen molar-refractivity contribution in [1.29, 1.82) is 0 Å². The lowest BCUT2D eigenvalue weighted by molar-refractivity contribution is -0.117. The molecule has 1 amide bonds. The van der Waals surface area contributed by atoms with Gasteiger partial charge in [-0.1, -0.05) is 35.3 Å². The number of halogens is 3. The Bertz CT molecular complexity index is 722. The summed E-state index contributed by atoms with van der Waals surface area (Å²) in [7, 11) is 0. The molecule has 2 rings (SSSR count). The van der Waals surface area contributed by atoms with E-state index < -0.39 is 5.82 Å². The summed E-state index contributed by atoms with van der Waals surface area (Å²) in [6.07, 6.45) is 0. The van der Waals surface area contributed by atoms with Crippen molar-refractivity contribution in [2.24, 2.45) is 0 Å². The van der Waals surface area contributed by atoms with Crippen molar-refractivity contribution >= 4 is 34.8 Å². The Balaban J connectivity index is 2.03. The van der Waals surface area contributed by atoms with Crippen molar-refractivity contribution < 1.29 is 9.18 Å². The molecule has 6 heteroatoms. The molecule has 2 aromatic carbocycles. The summed E-state index contributed by atoms with van der Waals surface area (Å²) in [5.74, 6) is -0.651. The van der Waals surface area contributed by atoms with Crippen LogP contribution in [0, 0.1) is 5.82 Å². The minimum absolute atomic E-state index is 0.165. The molecule has 1 N–H and O–H groups in total. The van der Waals surface area contributed by atoms with E-state index >= 15 is 0 Å². The summed E-state index contributed by atoms with van der Waals surface area (Å²) < 4.78 is 13.1. The third-order valence-corrected chi connectivity index (χ3v) is 4.10. The number of carbonyl (C=O) groups is 1. The van der Waals surface area contributed by atoms with Gasteiger partial charge < -0.3 is 5.32 Å². The van der Waals surface area contributed by atoms with Crippen LogP contribution in [0.15, 0.2) is 42.5 Å². The van der Waals surface area contributed by atoms with Gasteiger partial charge in [-0.15, -0.1) is 0 Å². The van der Waals surface area contributed by atoms with E-state index in [-0.39, 0.29) is 23.5 Å². The van der Waals surface area contributed by atoms with Crippen LogP contribution in [0.25, 0.3) is 0 Å². The van der Waals surface area contributed by atoms with Crippen LogP contribution in [0.3, 0.4) is 0 Å². The van der Waals surface area contributed by atoms with Crippen LogP contribution >= 0.6 is 23.2 Å². The number of amides is 1. The fraction of sp³-hybridized carbons (Fsp3) is 0.278. The number of hydrogen-bond acceptors (Lipinski definition) is 2. The standard InChI is InChI=1S/C18H19Cl2FN2O/c1-12(2)23(10-13-4-3-5-14(19)8-13)11-18(24)22-17-7-6-15(21)9-16(17)20/h3-9,12H,10-11H2,1-2H3,(H,22,24). The first-order valence-electron chi connectivity index (χ1n) is 7.58. The molecule has 0 saturated heterocycles. The second-order valence-electron chi connectivity index (χ2n) is 5.80. The maximum Gasteiger partial charge on any atom is 0.238 e. The van der Waals surface area contributed by atoms with E-state index in [1.807, 2.05) is 43.0 Å². The molecule has 0 radical (unpaired) electrons. The molecule has 0 aromatic heterocycles. The van der Waals surface area contributed by atoms with Crippen LogP contribution in [0.2, 0.25) is 10.0 Å². The molecule has 2 aromatic rings. The molecule has 128 valence electrons. The first-order chi connectivity index (χ1) is 11.3. The van der Waals surface area contributed by atoms with Gasteiger partial charge in [0.15, 0.2) is 0 Å². The maximum absolute atomic E-state index is 13.1. The quantitative estimate of drug-likeness (QED) is 0.779. The highest BCUT2D eigenvalue weighted by Gasteiger charge is 2.16. The normalized spacial score (nSPS) is 11.1. The van der Waals surface area contributed by atoms with E-state index in [0.29, 0.717) is 17.3 Å². The fourth-order valence-electron chi connectivity index (χ4n) is 2.26. The number of benzene rings is 2. The number of carbonyl (C=O) groups excluding carboxylic acids is 1. The minimum Gasteiger partial charge on any atom is -0.324 e. The molecular formula is C18H19Cl2FN2O. The number of hydrogen-bond donors (Lipinski definition) is 1. The largest absolute Gasteiger partial charge is 0.324 e. The molecule has 24 heavy (non-hydrogen) atoms. The summed E-state index contributed by atoms with van der Waals surface area (Å²) in [6.45, 7) is 4.83. The molecule has 3 nitrogen and oxygen atoms in total. The van der Waals surface area contributed by atoms with Crippen molar-refractivity contribution in [1.82, 2.24) is 4.90 Å². The van der Waals surface area contributed by atoms with Gasteiger partial charge in [0.1, 0.15) is 5.82 Å². The molecule has 0 aliphatic heterocycles. The Morgan fingerprint density at radius 2 is 1.96 bits per heavy atom. The van der Waals surface area contributed by atoms with E-state index in [1.165, 1.54) is 18.2 Å². The zero-order valence-electron chi connectivity index (χ0n) is 13.5. The van der Waals surface area contributed by atoms with Gasteiger partial charge in [-0.25, -0.2) is 4.39 Å². The molecule has 0 fully saturated rings. The lowest BCUT2D eigenvalue weighted by atomic mass is 10.2. The van der Waals surface area contributed by atoms with E-state index in [4.69, 9.17) is 23.2 Å². The molecule has 0 atom stereocenters. The molecule has 0 spiro atoms. The van der Waals surface area contributed by atoms with Crippen molar-refractivity contribution in [3.63, 3.8) is 0 Å². The average molecular weight is 369 g/mol. The van der Waals surface area contributed by atoms with Gasteiger partial charge in [0.25, 0.3) is 0 Å². The highest BCUT2D eigenvalue weighted by Crippen LogP contribution is 2.22. The monoisotopic (exact) mass is 368 g/mol. The molecular weight excluding hydrogens is 350 g/mol. The number of nitrogens with one attached hydrogen (secondary N) is 1. The Morgan fingerprint density at radius 3 is 2.58 bits per heavy atom. The minimum atomic E-state index is -0.442. The van der Waals surface area contributed by atoms with Crippen molar-refractivity contribution in [2.45, 2.75) is 26.4 Å². The van der Waals surface area contributed by atoms with Crippen LogP contribution in [0.1, 0.15) is 19.4 Å². The van der Waals surface area contributed by atoms with Gasteiger partial charge in [0.2, 0.25) is 5.91 Å². The van der Waals surface area contributed by atoms with Crippen LogP contribution in [-0.4, -0.2) is 23.4 Å². The first-order valence-corrected chi connectivity index (χ1v) is 8.34. The summed E-state index contributed by atoms with van der Waals surface area (Å²) in [5.41, 5.74) is 1.43. The highest BCUT2D eigenvalue weighted by molar-refractivity contribution is 6.33. The van der Waals surface area contributed by atoms with E-state index in [1.54, 1.807) is 0 Å². The van der Waals surface area contributed by atoms with Crippen LogP contribution < -0.4 is 5.32 Å². The highest BCUT2D eigenvalue weighted by atomic mass is 35.5. The average Bonchev–Trinajstić information content (AvgIpc) is 2.49. The summed E-state index contributed by atoms with van der Waals surface area (Å²) in [6, 6.07) is 11.6. The van der Waals surface area contributed by atoms with E-state index in [2.05, 4.69) is 5.32 Å². The molecule has 0 heterocycles. The van der Waals surface area contributed by atoms with Crippen LogP contribution in [0.4, 0.5) is 10.1 Å². The van der Waals surface area contributed by atoms with E-state index in [9.17, 15) is 9.18 Å². The van der Waals surface area contributed by atoms with E-state index in [0.717, 1.165) is 5.56 Å². The lowest BCUT2D eigenvalue weighted by Gasteiger charge is -2.26. The van der Waals surface area contributed by atoms with Gasteiger partial charge >= 0.3 is 0 Å². The van der Waals surface area contributed by atoms with Crippen LogP contribution in [0.5, 0.6) is 0 Å². The summed E-state index contributed by atoms with van der Waals surface area (Å²) in [5, 5.41) is 3.56. The zero-order valence-corrected chi connectivity index (χ0v) is 15.0. The van der Waals surface area contributed by atoms with Gasteiger partial charge in [0.05, 0.1) is 17.3 Å².